The van der Waals surface area contributed by atoms with Crippen LogP contribution in [0.2, 0.25) is 0 Å². The van der Waals surface area contributed by atoms with E-state index in [1.54, 1.807) is 7.05 Å². The average molecular weight is 498 g/mol. The summed E-state index contributed by atoms with van der Waals surface area (Å²) < 4.78 is 48.3. The second-order valence-electron chi connectivity index (χ2n) is 9.03. The number of aromatic nitrogens is 2. The quantitative estimate of drug-likeness (QED) is 0.542. The van der Waals surface area contributed by atoms with Crippen LogP contribution >= 0.6 is 0 Å². The standard InChI is InChI=1S/C23H30F3N5O4/c1-3-34-22(33)14-4-6-16(7-5-14)31-12-15(13-31)28-20(32)11-27-21-18-10-17(35-23(24,25)26)8-9-19(18)30(2)29-21/h8-10,14-16H,3-7,11-13H2,1-2H3,(H,27,29)(H,28,32). The number of anilines is 1. The minimum Gasteiger partial charge on any atom is -0.466 e. The Bertz CT molecular complexity index is 1060. The van der Waals surface area contributed by atoms with Crippen molar-refractivity contribution in [3.05, 3.63) is 18.2 Å². The Labute approximate surface area is 200 Å². The Kier molecular flexibility index (Phi) is 7.39. The molecule has 1 aliphatic heterocycles. The summed E-state index contributed by atoms with van der Waals surface area (Å²) in [5, 5.41) is 10.6. The number of rotatable bonds is 8. The molecule has 0 radical (unpaired) electrons. The molecular formula is C23H30F3N5O4. The van der Waals surface area contributed by atoms with Gasteiger partial charge in [0.1, 0.15) is 5.75 Å². The van der Waals surface area contributed by atoms with Crippen LogP contribution in [0.5, 0.6) is 5.75 Å². The molecule has 2 aliphatic rings. The SMILES string of the molecule is CCOC(=O)C1CCC(N2CC(NC(=O)CNc3nn(C)c4ccc(OC(F)(F)F)cc34)C2)CC1. The van der Waals surface area contributed by atoms with Crippen molar-refractivity contribution in [3.63, 3.8) is 0 Å². The number of amides is 1. The highest BCUT2D eigenvalue weighted by Gasteiger charge is 2.37. The molecule has 2 heterocycles. The van der Waals surface area contributed by atoms with Gasteiger partial charge in [0.2, 0.25) is 5.91 Å². The number of aryl methyl sites for hydroxylation is 1. The minimum atomic E-state index is -4.79. The van der Waals surface area contributed by atoms with Crippen molar-refractivity contribution >= 4 is 28.6 Å². The smallest absolute Gasteiger partial charge is 0.466 e. The van der Waals surface area contributed by atoms with E-state index in [-0.39, 0.29) is 36.1 Å². The Morgan fingerprint density at radius 2 is 1.89 bits per heavy atom. The van der Waals surface area contributed by atoms with E-state index in [0.717, 1.165) is 38.8 Å². The molecule has 2 aromatic rings. The van der Waals surface area contributed by atoms with Gasteiger partial charge < -0.3 is 20.1 Å². The van der Waals surface area contributed by atoms with E-state index in [1.165, 1.54) is 22.9 Å². The van der Waals surface area contributed by atoms with Crippen LogP contribution in [0.25, 0.3) is 10.9 Å². The number of alkyl halides is 3. The lowest BCUT2D eigenvalue weighted by Crippen LogP contribution is -2.63. The van der Waals surface area contributed by atoms with Crippen molar-refractivity contribution in [2.24, 2.45) is 13.0 Å². The number of nitrogens with zero attached hydrogens (tertiary/aromatic N) is 3. The van der Waals surface area contributed by atoms with Gasteiger partial charge >= 0.3 is 12.3 Å². The number of hydrogen-bond donors (Lipinski definition) is 2. The molecule has 0 atom stereocenters. The van der Waals surface area contributed by atoms with Crippen molar-refractivity contribution in [1.29, 1.82) is 0 Å². The molecule has 1 saturated carbocycles. The number of ether oxygens (including phenoxy) is 2. The summed E-state index contributed by atoms with van der Waals surface area (Å²) in [6.45, 7) is 3.68. The average Bonchev–Trinajstić information content (AvgIpc) is 3.08. The first-order valence-electron chi connectivity index (χ1n) is 11.8. The van der Waals surface area contributed by atoms with Gasteiger partial charge in [0.25, 0.3) is 0 Å². The fraction of sp³-hybridized carbons (Fsp3) is 0.609. The van der Waals surface area contributed by atoms with Gasteiger partial charge in [-0.25, -0.2) is 0 Å². The molecule has 0 bridgehead atoms. The first kappa shape index (κ1) is 25.1. The molecule has 35 heavy (non-hydrogen) atoms. The van der Waals surface area contributed by atoms with Gasteiger partial charge in [-0.05, 0) is 50.8 Å². The highest BCUT2D eigenvalue weighted by Crippen LogP contribution is 2.31. The van der Waals surface area contributed by atoms with Crippen LogP contribution in [0.1, 0.15) is 32.6 Å². The summed E-state index contributed by atoms with van der Waals surface area (Å²) in [6, 6.07) is 4.41. The molecule has 1 aromatic carbocycles. The first-order valence-corrected chi connectivity index (χ1v) is 11.8. The van der Waals surface area contributed by atoms with Crippen LogP contribution in [0.4, 0.5) is 19.0 Å². The lowest BCUT2D eigenvalue weighted by atomic mass is 9.84. The third-order valence-corrected chi connectivity index (χ3v) is 6.58. The molecule has 1 aromatic heterocycles. The molecular weight excluding hydrogens is 467 g/mol. The lowest BCUT2D eigenvalue weighted by Gasteiger charge is -2.46. The topological polar surface area (TPSA) is 97.7 Å². The Morgan fingerprint density at radius 1 is 1.17 bits per heavy atom. The fourth-order valence-electron chi connectivity index (χ4n) is 4.85. The van der Waals surface area contributed by atoms with E-state index in [1.807, 2.05) is 6.92 Å². The lowest BCUT2D eigenvalue weighted by molar-refractivity contribution is -0.274. The first-order chi connectivity index (χ1) is 16.6. The number of hydrogen-bond acceptors (Lipinski definition) is 7. The van der Waals surface area contributed by atoms with Gasteiger partial charge in [0.05, 0.1) is 30.6 Å². The summed E-state index contributed by atoms with van der Waals surface area (Å²) in [5.74, 6) is -0.373. The predicted octanol–water partition coefficient (Wildman–Crippen LogP) is 2.81. The number of benzene rings is 1. The monoisotopic (exact) mass is 497 g/mol. The number of halogens is 3. The summed E-state index contributed by atoms with van der Waals surface area (Å²) in [5.41, 5.74) is 0.606. The van der Waals surface area contributed by atoms with Crippen molar-refractivity contribution in [3.8, 4) is 5.75 Å². The van der Waals surface area contributed by atoms with E-state index < -0.39 is 6.36 Å². The molecule has 192 valence electrons. The van der Waals surface area contributed by atoms with Gasteiger partial charge in [0.15, 0.2) is 5.82 Å². The Balaban J connectivity index is 1.23. The van der Waals surface area contributed by atoms with Crippen LogP contribution in [0.3, 0.4) is 0 Å². The normalized spacial score (nSPS) is 21.4. The predicted molar refractivity (Wildman–Crippen MR) is 122 cm³/mol. The summed E-state index contributed by atoms with van der Waals surface area (Å²) in [6.07, 6.45) is -1.25. The Hall–Kier alpha value is -3.02. The summed E-state index contributed by atoms with van der Waals surface area (Å²) in [4.78, 5) is 26.7. The zero-order chi connectivity index (χ0) is 25.2. The number of carbonyl (C=O) groups excluding carboxylic acids is 2. The molecule has 2 N–H and O–H groups in total. The number of carbonyl (C=O) groups is 2. The zero-order valence-corrected chi connectivity index (χ0v) is 19.7. The molecule has 1 aliphatic carbocycles. The van der Waals surface area contributed by atoms with Crippen molar-refractivity contribution in [2.75, 3.05) is 31.6 Å². The van der Waals surface area contributed by atoms with Gasteiger partial charge in [-0.15, -0.1) is 13.2 Å². The van der Waals surface area contributed by atoms with Crippen molar-refractivity contribution in [2.45, 2.75) is 51.1 Å². The molecule has 0 unspecified atom stereocenters. The molecule has 0 spiro atoms. The van der Waals surface area contributed by atoms with E-state index in [2.05, 4.69) is 25.4 Å². The highest BCUT2D eigenvalue weighted by molar-refractivity contribution is 5.93. The molecule has 1 amide bonds. The maximum atomic E-state index is 12.6. The van der Waals surface area contributed by atoms with Crippen LogP contribution in [-0.4, -0.2) is 71.2 Å². The van der Waals surface area contributed by atoms with Gasteiger partial charge in [-0.2, -0.15) is 5.10 Å². The van der Waals surface area contributed by atoms with Crippen LogP contribution < -0.4 is 15.4 Å². The molecule has 12 heteroatoms. The Morgan fingerprint density at radius 3 is 2.54 bits per heavy atom. The fourth-order valence-corrected chi connectivity index (χ4v) is 4.85. The van der Waals surface area contributed by atoms with E-state index in [4.69, 9.17) is 4.74 Å². The number of nitrogens with one attached hydrogen (secondary N) is 2. The molecule has 1 saturated heterocycles. The zero-order valence-electron chi connectivity index (χ0n) is 19.7. The van der Waals surface area contributed by atoms with Crippen LogP contribution in [0.15, 0.2) is 18.2 Å². The number of likely N-dealkylation sites (tertiary alicyclic amines) is 1. The number of fused-ring (bicyclic) bond motifs is 1. The highest BCUT2D eigenvalue weighted by atomic mass is 19.4. The number of esters is 1. The second kappa shape index (κ2) is 10.3. The third kappa shape index (κ3) is 6.16. The molecule has 4 rings (SSSR count). The minimum absolute atomic E-state index is 0.00664. The van der Waals surface area contributed by atoms with Gasteiger partial charge in [-0.1, -0.05) is 0 Å². The van der Waals surface area contributed by atoms with E-state index in [0.29, 0.717) is 29.4 Å². The van der Waals surface area contributed by atoms with Crippen LogP contribution in [-0.2, 0) is 21.4 Å². The van der Waals surface area contributed by atoms with Crippen LogP contribution in [0, 0.1) is 5.92 Å². The maximum absolute atomic E-state index is 12.6. The summed E-state index contributed by atoms with van der Waals surface area (Å²) >= 11 is 0. The largest absolute Gasteiger partial charge is 0.573 e. The van der Waals surface area contributed by atoms with E-state index >= 15 is 0 Å². The third-order valence-electron chi connectivity index (χ3n) is 6.58. The van der Waals surface area contributed by atoms with Crippen molar-refractivity contribution < 1.29 is 32.2 Å². The molecule has 2 fully saturated rings. The molecule has 9 nitrogen and oxygen atoms in total. The maximum Gasteiger partial charge on any atom is 0.573 e. The second-order valence-corrected chi connectivity index (χ2v) is 9.03. The van der Waals surface area contributed by atoms with Gasteiger partial charge in [0, 0.05) is 31.6 Å². The van der Waals surface area contributed by atoms with Gasteiger partial charge in [-0.3, -0.25) is 19.2 Å². The van der Waals surface area contributed by atoms with Crippen molar-refractivity contribution in [1.82, 2.24) is 20.0 Å². The van der Waals surface area contributed by atoms with E-state index in [9.17, 15) is 22.8 Å². The summed E-state index contributed by atoms with van der Waals surface area (Å²) in [7, 11) is 1.67.